The zero-order valence-corrected chi connectivity index (χ0v) is 14.0. The lowest BCUT2D eigenvalue weighted by Gasteiger charge is -2.38. The standard InChI is InChI=1S/C17H36N2/c1-15-11-10-14-19(16(15)2)13-9-7-6-8-12-18-17(3,4)5/h15-16,18H,6-14H2,1-5H3. The van der Waals surface area contributed by atoms with Crippen molar-refractivity contribution in [2.75, 3.05) is 19.6 Å². The van der Waals surface area contributed by atoms with E-state index in [2.05, 4.69) is 44.8 Å². The first-order valence-corrected chi connectivity index (χ1v) is 8.39. The van der Waals surface area contributed by atoms with E-state index < -0.39 is 0 Å². The fourth-order valence-electron chi connectivity index (χ4n) is 2.99. The minimum atomic E-state index is 0.277. The Bertz CT molecular complexity index is 232. The number of piperidine rings is 1. The lowest BCUT2D eigenvalue weighted by atomic mass is 9.92. The summed E-state index contributed by atoms with van der Waals surface area (Å²) in [4.78, 5) is 2.71. The van der Waals surface area contributed by atoms with Crippen LogP contribution in [-0.4, -0.2) is 36.1 Å². The largest absolute Gasteiger partial charge is 0.312 e. The number of nitrogens with zero attached hydrogens (tertiary/aromatic N) is 1. The first-order valence-electron chi connectivity index (χ1n) is 8.39. The van der Waals surface area contributed by atoms with Gasteiger partial charge in [-0.15, -0.1) is 0 Å². The minimum Gasteiger partial charge on any atom is -0.312 e. The van der Waals surface area contributed by atoms with Gasteiger partial charge in [-0.1, -0.05) is 19.8 Å². The van der Waals surface area contributed by atoms with E-state index in [1.54, 1.807) is 0 Å². The van der Waals surface area contributed by atoms with E-state index >= 15 is 0 Å². The van der Waals surface area contributed by atoms with Gasteiger partial charge in [-0.25, -0.2) is 0 Å². The Morgan fingerprint density at radius 1 is 1.05 bits per heavy atom. The molecule has 2 nitrogen and oxygen atoms in total. The molecule has 1 fully saturated rings. The summed E-state index contributed by atoms with van der Waals surface area (Å²) in [5, 5.41) is 3.56. The number of nitrogens with one attached hydrogen (secondary N) is 1. The van der Waals surface area contributed by atoms with Gasteiger partial charge in [0.1, 0.15) is 0 Å². The van der Waals surface area contributed by atoms with Crippen LogP contribution in [0.15, 0.2) is 0 Å². The van der Waals surface area contributed by atoms with Crippen molar-refractivity contribution in [2.24, 2.45) is 5.92 Å². The van der Waals surface area contributed by atoms with E-state index in [9.17, 15) is 0 Å². The molecule has 19 heavy (non-hydrogen) atoms. The van der Waals surface area contributed by atoms with Gasteiger partial charge >= 0.3 is 0 Å². The minimum absolute atomic E-state index is 0.277. The van der Waals surface area contributed by atoms with E-state index in [0.717, 1.165) is 12.0 Å². The monoisotopic (exact) mass is 268 g/mol. The summed E-state index contributed by atoms with van der Waals surface area (Å²) in [6.07, 6.45) is 8.30. The summed E-state index contributed by atoms with van der Waals surface area (Å²) in [6, 6.07) is 0.802. The summed E-state index contributed by atoms with van der Waals surface area (Å²) >= 11 is 0. The molecule has 0 aromatic rings. The Balaban J connectivity index is 1.99. The predicted molar refractivity (Wildman–Crippen MR) is 85.7 cm³/mol. The number of rotatable bonds is 7. The fourth-order valence-corrected chi connectivity index (χ4v) is 2.99. The van der Waals surface area contributed by atoms with Gasteiger partial charge in [0.25, 0.3) is 0 Å². The van der Waals surface area contributed by atoms with Crippen molar-refractivity contribution in [1.82, 2.24) is 10.2 Å². The molecular weight excluding hydrogens is 232 g/mol. The fraction of sp³-hybridized carbons (Fsp3) is 1.00. The molecule has 1 N–H and O–H groups in total. The van der Waals surface area contributed by atoms with E-state index in [0.29, 0.717) is 0 Å². The second-order valence-corrected chi connectivity index (χ2v) is 7.49. The molecule has 1 saturated heterocycles. The van der Waals surface area contributed by atoms with Crippen LogP contribution in [0.25, 0.3) is 0 Å². The molecule has 114 valence electrons. The summed E-state index contributed by atoms with van der Waals surface area (Å²) < 4.78 is 0. The van der Waals surface area contributed by atoms with E-state index in [4.69, 9.17) is 0 Å². The maximum atomic E-state index is 3.56. The van der Waals surface area contributed by atoms with E-state index in [1.165, 1.54) is 58.2 Å². The molecule has 0 saturated carbocycles. The van der Waals surface area contributed by atoms with Gasteiger partial charge in [0.05, 0.1) is 0 Å². The van der Waals surface area contributed by atoms with Gasteiger partial charge < -0.3 is 10.2 Å². The normalized spacial score (nSPS) is 25.7. The van der Waals surface area contributed by atoms with Crippen LogP contribution in [0.1, 0.15) is 73.1 Å². The van der Waals surface area contributed by atoms with Crippen LogP contribution in [0.5, 0.6) is 0 Å². The Labute approximate surface area is 121 Å². The molecule has 1 rings (SSSR count). The third-order valence-electron chi connectivity index (χ3n) is 4.53. The zero-order chi connectivity index (χ0) is 14.3. The maximum absolute atomic E-state index is 3.56. The highest BCUT2D eigenvalue weighted by molar-refractivity contribution is 4.78. The molecule has 2 atom stereocenters. The quantitative estimate of drug-likeness (QED) is 0.701. The summed E-state index contributed by atoms with van der Waals surface area (Å²) in [5.74, 6) is 0.893. The Hall–Kier alpha value is -0.0800. The molecule has 0 spiro atoms. The molecule has 1 aliphatic heterocycles. The highest BCUT2D eigenvalue weighted by Gasteiger charge is 2.23. The lowest BCUT2D eigenvalue weighted by molar-refractivity contribution is 0.112. The van der Waals surface area contributed by atoms with Crippen LogP contribution in [0.4, 0.5) is 0 Å². The topological polar surface area (TPSA) is 15.3 Å². The van der Waals surface area contributed by atoms with Gasteiger partial charge in [0, 0.05) is 11.6 Å². The van der Waals surface area contributed by atoms with Gasteiger partial charge in [0.2, 0.25) is 0 Å². The van der Waals surface area contributed by atoms with Crippen LogP contribution in [0.3, 0.4) is 0 Å². The second-order valence-electron chi connectivity index (χ2n) is 7.49. The van der Waals surface area contributed by atoms with E-state index in [-0.39, 0.29) is 5.54 Å². The number of hydrogen-bond donors (Lipinski definition) is 1. The summed E-state index contributed by atoms with van der Waals surface area (Å²) in [5.41, 5.74) is 0.277. The van der Waals surface area contributed by atoms with Gasteiger partial charge in [0.15, 0.2) is 0 Å². The number of unbranched alkanes of at least 4 members (excludes halogenated alkanes) is 3. The molecule has 2 heteroatoms. The number of likely N-dealkylation sites (tertiary alicyclic amines) is 1. The molecule has 0 radical (unpaired) electrons. The van der Waals surface area contributed by atoms with Crippen molar-refractivity contribution in [3.8, 4) is 0 Å². The predicted octanol–water partition coefficient (Wildman–Crippen LogP) is 4.06. The molecule has 2 unspecified atom stereocenters. The van der Waals surface area contributed by atoms with Gasteiger partial charge in [-0.2, -0.15) is 0 Å². The van der Waals surface area contributed by atoms with Crippen LogP contribution < -0.4 is 5.32 Å². The highest BCUT2D eigenvalue weighted by atomic mass is 15.2. The SMILES string of the molecule is CC1CCCN(CCCCCCNC(C)(C)C)C1C. The molecule has 0 aromatic carbocycles. The molecule has 0 amide bonds. The van der Waals surface area contributed by atoms with E-state index in [1.807, 2.05) is 0 Å². The lowest BCUT2D eigenvalue weighted by Crippen LogP contribution is -2.42. The molecule has 0 bridgehead atoms. The van der Waals surface area contributed by atoms with Gasteiger partial charge in [-0.05, 0) is 78.9 Å². The van der Waals surface area contributed by atoms with Crippen molar-refractivity contribution in [1.29, 1.82) is 0 Å². The first kappa shape index (κ1) is 17.0. The smallest absolute Gasteiger partial charge is 0.00965 e. The van der Waals surface area contributed by atoms with Crippen molar-refractivity contribution in [3.63, 3.8) is 0 Å². The molecule has 0 aromatic heterocycles. The Kier molecular flexibility index (Phi) is 7.38. The average molecular weight is 268 g/mol. The van der Waals surface area contributed by atoms with Crippen molar-refractivity contribution in [2.45, 2.75) is 84.7 Å². The van der Waals surface area contributed by atoms with Crippen LogP contribution in [0.2, 0.25) is 0 Å². The van der Waals surface area contributed by atoms with Crippen molar-refractivity contribution >= 4 is 0 Å². The molecule has 1 aliphatic rings. The first-order chi connectivity index (χ1) is 8.90. The molecule has 1 heterocycles. The van der Waals surface area contributed by atoms with Crippen LogP contribution in [-0.2, 0) is 0 Å². The van der Waals surface area contributed by atoms with Gasteiger partial charge in [-0.3, -0.25) is 0 Å². The Morgan fingerprint density at radius 2 is 1.74 bits per heavy atom. The van der Waals surface area contributed by atoms with Crippen LogP contribution in [0, 0.1) is 5.92 Å². The Morgan fingerprint density at radius 3 is 2.42 bits per heavy atom. The zero-order valence-electron chi connectivity index (χ0n) is 14.0. The number of hydrogen-bond acceptors (Lipinski definition) is 2. The third-order valence-corrected chi connectivity index (χ3v) is 4.53. The molecular formula is C17H36N2. The van der Waals surface area contributed by atoms with Crippen molar-refractivity contribution in [3.05, 3.63) is 0 Å². The highest BCUT2D eigenvalue weighted by Crippen LogP contribution is 2.23. The average Bonchev–Trinajstić information content (AvgIpc) is 2.31. The summed E-state index contributed by atoms with van der Waals surface area (Å²) in [6.45, 7) is 15.4. The molecule has 0 aliphatic carbocycles. The van der Waals surface area contributed by atoms with Crippen molar-refractivity contribution < 1.29 is 0 Å². The maximum Gasteiger partial charge on any atom is 0.00965 e. The third kappa shape index (κ3) is 7.31. The van der Waals surface area contributed by atoms with Crippen LogP contribution >= 0.6 is 0 Å². The summed E-state index contributed by atoms with van der Waals surface area (Å²) in [7, 11) is 0. The second kappa shape index (κ2) is 8.26.